The summed E-state index contributed by atoms with van der Waals surface area (Å²) in [6.07, 6.45) is -0.0168. The number of carbonyl (C=O) groups is 2. The molecule has 20 heavy (non-hydrogen) atoms. The first-order valence-corrected chi connectivity index (χ1v) is 7.17. The number of carboxylic acid groups (broad SMARTS) is 1. The van der Waals surface area contributed by atoms with E-state index in [1.54, 1.807) is 11.3 Å². The number of aliphatic carboxylic acids is 1. The van der Waals surface area contributed by atoms with Gasteiger partial charge in [0.25, 0.3) is 0 Å². The molecule has 2 amide bonds. The zero-order valence-corrected chi connectivity index (χ0v) is 12.4. The predicted molar refractivity (Wildman–Crippen MR) is 77.0 cm³/mol. The molecule has 1 rings (SSSR count). The number of hydrogen-bond donors (Lipinski definition) is 4. The number of thiophene rings is 1. The first kappa shape index (κ1) is 16.5. The maximum absolute atomic E-state index is 11.7. The quantitative estimate of drug-likeness (QED) is 0.607. The van der Waals surface area contributed by atoms with E-state index < -0.39 is 18.0 Å². The van der Waals surface area contributed by atoms with Crippen LogP contribution in [0.3, 0.4) is 0 Å². The van der Waals surface area contributed by atoms with E-state index in [0.717, 1.165) is 4.88 Å². The van der Waals surface area contributed by atoms with Gasteiger partial charge >= 0.3 is 12.0 Å². The molecule has 4 N–H and O–H groups in total. The Bertz CT molecular complexity index is 445. The number of aliphatic hydroxyl groups excluding tert-OH is 1. The van der Waals surface area contributed by atoms with Crippen LogP contribution in [0, 0.1) is 0 Å². The summed E-state index contributed by atoms with van der Waals surface area (Å²) in [6.45, 7) is 4.10. The van der Waals surface area contributed by atoms with Gasteiger partial charge in [0, 0.05) is 29.9 Å². The molecule has 0 aliphatic carbocycles. The van der Waals surface area contributed by atoms with Gasteiger partial charge in [0.05, 0.1) is 0 Å². The number of urea groups is 1. The highest BCUT2D eigenvalue weighted by Gasteiger charge is 2.24. The lowest BCUT2D eigenvalue weighted by molar-refractivity contribution is -0.139. The predicted octanol–water partition coefficient (Wildman–Crippen LogP) is 1.16. The van der Waals surface area contributed by atoms with Gasteiger partial charge in [-0.3, -0.25) is 0 Å². The summed E-state index contributed by atoms with van der Waals surface area (Å²) in [5.74, 6) is -1.16. The largest absolute Gasteiger partial charge is 0.480 e. The van der Waals surface area contributed by atoms with E-state index >= 15 is 0 Å². The van der Waals surface area contributed by atoms with Crippen LogP contribution in [0.15, 0.2) is 17.5 Å². The maximum Gasteiger partial charge on any atom is 0.326 e. The molecule has 0 fully saturated rings. The minimum atomic E-state index is -1.16. The van der Waals surface area contributed by atoms with Gasteiger partial charge < -0.3 is 20.8 Å². The number of amides is 2. The van der Waals surface area contributed by atoms with Crippen molar-refractivity contribution in [1.29, 1.82) is 0 Å². The van der Waals surface area contributed by atoms with Crippen molar-refractivity contribution in [1.82, 2.24) is 10.6 Å². The fourth-order valence-corrected chi connectivity index (χ4v) is 2.50. The zero-order valence-electron chi connectivity index (χ0n) is 11.5. The average molecular weight is 300 g/mol. The lowest BCUT2D eigenvalue weighted by Crippen LogP contribution is -2.48. The normalized spacial score (nSPS) is 12.8. The van der Waals surface area contributed by atoms with Crippen LogP contribution in [0.1, 0.15) is 25.1 Å². The molecule has 0 aromatic carbocycles. The second kappa shape index (κ2) is 7.25. The highest BCUT2D eigenvalue weighted by atomic mass is 32.1. The summed E-state index contributed by atoms with van der Waals surface area (Å²) in [4.78, 5) is 23.7. The molecule has 0 aliphatic heterocycles. The third-order valence-corrected chi connectivity index (χ3v) is 4.14. The average Bonchev–Trinajstić information content (AvgIpc) is 2.90. The van der Waals surface area contributed by atoms with Crippen LogP contribution >= 0.6 is 11.3 Å². The number of rotatable bonds is 7. The molecule has 1 heterocycles. The van der Waals surface area contributed by atoms with Crippen LogP contribution in [0.25, 0.3) is 0 Å². The van der Waals surface area contributed by atoms with Gasteiger partial charge in [0.15, 0.2) is 0 Å². The van der Waals surface area contributed by atoms with Gasteiger partial charge in [-0.05, 0) is 11.4 Å². The summed E-state index contributed by atoms with van der Waals surface area (Å²) in [6, 6.07) is 2.32. The maximum atomic E-state index is 11.7. The standard InChI is InChI=1S/C13H20N2O4S/c1-13(2,10-4-3-7-20-10)8-14-12(19)15-9(5-6-16)11(17)18/h3-4,7,9,16H,5-6,8H2,1-2H3,(H,17,18)(H2,14,15,19). The van der Waals surface area contributed by atoms with Crippen LogP contribution in [0.2, 0.25) is 0 Å². The summed E-state index contributed by atoms with van der Waals surface area (Å²) in [5, 5.41) is 24.6. The van der Waals surface area contributed by atoms with Crippen molar-refractivity contribution in [3.05, 3.63) is 22.4 Å². The lowest BCUT2D eigenvalue weighted by Gasteiger charge is -2.24. The zero-order chi connectivity index (χ0) is 15.2. The van der Waals surface area contributed by atoms with Crippen molar-refractivity contribution in [2.45, 2.75) is 31.7 Å². The SMILES string of the molecule is CC(C)(CNC(=O)NC(CCO)C(=O)O)c1cccs1. The molecule has 0 radical (unpaired) electrons. The van der Waals surface area contributed by atoms with E-state index in [2.05, 4.69) is 10.6 Å². The number of carbonyl (C=O) groups excluding carboxylic acids is 1. The topological polar surface area (TPSA) is 98.7 Å². The second-order valence-electron chi connectivity index (χ2n) is 5.09. The molecule has 1 aromatic heterocycles. The van der Waals surface area contributed by atoms with Crippen LogP contribution < -0.4 is 10.6 Å². The van der Waals surface area contributed by atoms with Gasteiger partial charge in [0.1, 0.15) is 6.04 Å². The van der Waals surface area contributed by atoms with Gasteiger partial charge in [0.2, 0.25) is 0 Å². The fraction of sp³-hybridized carbons (Fsp3) is 0.538. The first-order valence-electron chi connectivity index (χ1n) is 6.29. The second-order valence-corrected chi connectivity index (χ2v) is 6.04. The van der Waals surface area contributed by atoms with Gasteiger partial charge in [-0.1, -0.05) is 19.9 Å². The molecule has 7 heteroatoms. The minimum Gasteiger partial charge on any atom is -0.480 e. The van der Waals surface area contributed by atoms with Crippen molar-refractivity contribution in [3.63, 3.8) is 0 Å². The van der Waals surface area contributed by atoms with Crippen LogP contribution in [-0.2, 0) is 10.2 Å². The Balaban J connectivity index is 2.48. The number of hydrogen-bond acceptors (Lipinski definition) is 4. The van der Waals surface area contributed by atoms with Gasteiger partial charge in [-0.2, -0.15) is 0 Å². The third-order valence-electron chi connectivity index (χ3n) is 2.90. The van der Waals surface area contributed by atoms with Crippen molar-refractivity contribution >= 4 is 23.3 Å². The fourth-order valence-electron chi connectivity index (χ4n) is 1.65. The molecule has 6 nitrogen and oxygen atoms in total. The van der Waals surface area contributed by atoms with Crippen LogP contribution in [0.4, 0.5) is 4.79 Å². The Hall–Kier alpha value is -1.60. The number of nitrogens with one attached hydrogen (secondary N) is 2. The summed E-state index contributed by atoms with van der Waals surface area (Å²) in [7, 11) is 0. The molecule has 1 atom stereocenters. The van der Waals surface area contributed by atoms with E-state index in [-0.39, 0.29) is 18.4 Å². The monoisotopic (exact) mass is 300 g/mol. The van der Waals surface area contributed by atoms with E-state index in [9.17, 15) is 9.59 Å². The Morgan fingerprint density at radius 3 is 2.65 bits per heavy atom. The molecular formula is C13H20N2O4S. The molecule has 112 valence electrons. The Morgan fingerprint density at radius 2 is 2.15 bits per heavy atom. The van der Waals surface area contributed by atoms with Crippen molar-refractivity contribution < 1.29 is 19.8 Å². The van der Waals surface area contributed by atoms with Crippen molar-refractivity contribution in [3.8, 4) is 0 Å². The van der Waals surface area contributed by atoms with E-state index in [0.29, 0.717) is 6.54 Å². The molecule has 0 saturated carbocycles. The summed E-state index contributed by atoms with van der Waals surface area (Å²) < 4.78 is 0. The Kier molecular flexibility index (Phi) is 5.97. The van der Waals surface area contributed by atoms with E-state index in [4.69, 9.17) is 10.2 Å². The molecule has 0 bridgehead atoms. The first-order chi connectivity index (χ1) is 9.36. The van der Waals surface area contributed by atoms with E-state index in [1.807, 2.05) is 31.4 Å². The highest BCUT2D eigenvalue weighted by Crippen LogP contribution is 2.26. The van der Waals surface area contributed by atoms with Crippen LogP contribution in [-0.4, -0.2) is 41.4 Å². The lowest BCUT2D eigenvalue weighted by atomic mass is 9.91. The smallest absolute Gasteiger partial charge is 0.326 e. The van der Waals surface area contributed by atoms with Gasteiger partial charge in [-0.25, -0.2) is 9.59 Å². The molecule has 0 aliphatic rings. The summed E-state index contributed by atoms with van der Waals surface area (Å²) >= 11 is 1.61. The Labute approximate surface area is 121 Å². The van der Waals surface area contributed by atoms with Crippen molar-refractivity contribution in [2.75, 3.05) is 13.2 Å². The Morgan fingerprint density at radius 1 is 1.45 bits per heavy atom. The molecule has 0 spiro atoms. The number of aliphatic hydroxyl groups is 1. The molecular weight excluding hydrogens is 280 g/mol. The van der Waals surface area contributed by atoms with Crippen molar-refractivity contribution in [2.24, 2.45) is 0 Å². The third kappa shape index (κ3) is 4.82. The molecule has 1 unspecified atom stereocenters. The van der Waals surface area contributed by atoms with E-state index in [1.165, 1.54) is 0 Å². The summed E-state index contributed by atoms with van der Waals surface area (Å²) in [5.41, 5.74) is -0.221. The van der Waals surface area contributed by atoms with Crippen LogP contribution in [0.5, 0.6) is 0 Å². The molecule has 1 aromatic rings. The minimum absolute atomic E-state index is 0.0168. The molecule has 0 saturated heterocycles. The van der Waals surface area contributed by atoms with Gasteiger partial charge in [-0.15, -0.1) is 11.3 Å². The number of carboxylic acids is 1. The highest BCUT2D eigenvalue weighted by molar-refractivity contribution is 7.10.